The van der Waals surface area contributed by atoms with Crippen molar-refractivity contribution in [3.8, 4) is 0 Å². The van der Waals surface area contributed by atoms with Crippen LogP contribution in [-0.4, -0.2) is 29.2 Å². The quantitative estimate of drug-likeness (QED) is 0.481. The Morgan fingerprint density at radius 2 is 1.84 bits per heavy atom. The van der Waals surface area contributed by atoms with Gasteiger partial charge in [0, 0.05) is 17.7 Å². The zero-order chi connectivity index (χ0) is 13.8. The molecule has 5 nitrogen and oxygen atoms in total. The second-order valence-corrected chi connectivity index (χ2v) is 5.00. The molecule has 1 heterocycles. The van der Waals surface area contributed by atoms with Crippen LogP contribution in [0.1, 0.15) is 29.6 Å². The Labute approximate surface area is 115 Å². The van der Waals surface area contributed by atoms with Crippen LogP contribution in [0.3, 0.4) is 0 Å². The molecule has 100 valence electrons. The fourth-order valence-electron chi connectivity index (χ4n) is 1.76. The van der Waals surface area contributed by atoms with Crippen molar-refractivity contribution in [3.63, 3.8) is 0 Å². The lowest BCUT2D eigenvalue weighted by molar-refractivity contribution is -0.140. The lowest BCUT2D eigenvalue weighted by atomic mass is 10.1. The van der Waals surface area contributed by atoms with Gasteiger partial charge in [-0.05, 0) is 30.5 Å². The molecule has 0 spiro atoms. The van der Waals surface area contributed by atoms with Gasteiger partial charge in [0.15, 0.2) is 0 Å². The highest BCUT2D eigenvalue weighted by Crippen LogP contribution is 2.30. The van der Waals surface area contributed by atoms with Crippen molar-refractivity contribution in [2.24, 2.45) is 0 Å². The van der Waals surface area contributed by atoms with E-state index in [2.05, 4.69) is 4.74 Å². The van der Waals surface area contributed by atoms with Gasteiger partial charge in [-0.15, -0.1) is 0 Å². The Bertz CT molecular complexity index is 513. The molecule has 0 atom stereocenters. The van der Waals surface area contributed by atoms with Gasteiger partial charge in [-0.2, -0.15) is 0 Å². The smallest absolute Gasteiger partial charge is 0.339 e. The van der Waals surface area contributed by atoms with Crippen molar-refractivity contribution >= 4 is 29.7 Å². The molecule has 19 heavy (non-hydrogen) atoms. The molecule has 0 saturated carbocycles. The molecule has 0 aromatic heterocycles. The van der Waals surface area contributed by atoms with E-state index in [4.69, 9.17) is 0 Å². The van der Waals surface area contributed by atoms with E-state index in [1.807, 2.05) is 0 Å². The van der Waals surface area contributed by atoms with E-state index in [1.54, 1.807) is 24.3 Å². The molecular formula is C13H13NO4S. The summed E-state index contributed by atoms with van der Waals surface area (Å²) in [7, 11) is 1.29. The van der Waals surface area contributed by atoms with Crippen molar-refractivity contribution in [1.82, 2.24) is 4.31 Å². The summed E-state index contributed by atoms with van der Waals surface area (Å²) >= 11 is 0.984. The van der Waals surface area contributed by atoms with E-state index >= 15 is 0 Å². The molecule has 0 bridgehead atoms. The monoisotopic (exact) mass is 279 g/mol. The third kappa shape index (κ3) is 2.96. The van der Waals surface area contributed by atoms with Gasteiger partial charge >= 0.3 is 5.97 Å². The van der Waals surface area contributed by atoms with E-state index in [-0.39, 0.29) is 11.8 Å². The maximum absolute atomic E-state index is 11.7. The number of rotatable bonds is 3. The number of piperidine rings is 1. The Kier molecular flexibility index (Phi) is 4.21. The molecule has 2 rings (SSSR count). The molecule has 1 aliphatic heterocycles. The van der Waals surface area contributed by atoms with Crippen LogP contribution < -0.4 is 0 Å². The maximum atomic E-state index is 11.7. The maximum Gasteiger partial charge on any atom is 0.339 e. The van der Waals surface area contributed by atoms with Crippen molar-refractivity contribution in [2.45, 2.75) is 24.2 Å². The normalized spacial score (nSPS) is 15.5. The number of carbonyl (C=O) groups is 3. The number of hydrogen-bond acceptors (Lipinski definition) is 5. The first-order valence-electron chi connectivity index (χ1n) is 5.84. The predicted octanol–water partition coefficient (Wildman–Crippen LogP) is 2.02. The van der Waals surface area contributed by atoms with Crippen molar-refractivity contribution < 1.29 is 19.1 Å². The highest BCUT2D eigenvalue weighted by atomic mass is 32.2. The average molecular weight is 279 g/mol. The minimum Gasteiger partial charge on any atom is -0.465 e. The lowest BCUT2D eigenvalue weighted by Gasteiger charge is -2.23. The second kappa shape index (κ2) is 5.88. The van der Waals surface area contributed by atoms with Crippen molar-refractivity contribution in [2.75, 3.05) is 7.11 Å². The summed E-state index contributed by atoms with van der Waals surface area (Å²) in [5.41, 5.74) is 0.348. The molecule has 0 unspecified atom stereocenters. The first-order chi connectivity index (χ1) is 9.13. The fourth-order valence-corrected chi connectivity index (χ4v) is 2.73. The molecule has 1 saturated heterocycles. The first kappa shape index (κ1) is 13.6. The highest BCUT2D eigenvalue weighted by Gasteiger charge is 2.28. The summed E-state index contributed by atoms with van der Waals surface area (Å²) in [5, 5.41) is 0. The minimum absolute atomic E-state index is 0.221. The molecule has 0 radical (unpaired) electrons. The third-order valence-electron chi connectivity index (χ3n) is 2.72. The van der Waals surface area contributed by atoms with E-state index in [9.17, 15) is 14.4 Å². The largest absolute Gasteiger partial charge is 0.465 e. The molecule has 1 aliphatic rings. The summed E-state index contributed by atoms with van der Waals surface area (Å²) in [6.07, 6.45) is 1.31. The SMILES string of the molecule is COC(=O)c1ccccc1SN1C(=O)CCCC1=O. The first-order valence-corrected chi connectivity index (χ1v) is 6.62. The van der Waals surface area contributed by atoms with Crippen molar-refractivity contribution in [1.29, 1.82) is 0 Å². The summed E-state index contributed by atoms with van der Waals surface area (Å²) < 4.78 is 5.81. The second-order valence-electron chi connectivity index (χ2n) is 4.01. The van der Waals surface area contributed by atoms with Crippen LogP contribution in [0.5, 0.6) is 0 Å². The van der Waals surface area contributed by atoms with Gasteiger partial charge in [-0.1, -0.05) is 12.1 Å². The zero-order valence-electron chi connectivity index (χ0n) is 10.4. The Hall–Kier alpha value is -1.82. The number of hydrogen-bond donors (Lipinski definition) is 0. The van der Waals surface area contributed by atoms with Gasteiger partial charge in [0.25, 0.3) is 0 Å². The zero-order valence-corrected chi connectivity index (χ0v) is 11.2. The van der Waals surface area contributed by atoms with Crippen LogP contribution in [0.25, 0.3) is 0 Å². The van der Waals surface area contributed by atoms with E-state index in [0.717, 1.165) is 16.3 Å². The number of imide groups is 1. The van der Waals surface area contributed by atoms with Gasteiger partial charge in [0.2, 0.25) is 11.8 Å². The molecule has 6 heteroatoms. The number of esters is 1. The highest BCUT2D eigenvalue weighted by molar-refractivity contribution is 7.98. The number of benzene rings is 1. The number of nitrogens with zero attached hydrogens (tertiary/aromatic N) is 1. The third-order valence-corrected chi connectivity index (χ3v) is 3.86. The molecule has 0 aliphatic carbocycles. The topological polar surface area (TPSA) is 63.7 Å². The standard InChI is InChI=1S/C13H13NO4S/c1-18-13(17)9-5-2-3-6-10(9)19-14-11(15)7-4-8-12(14)16/h2-3,5-6H,4,7-8H2,1H3. The van der Waals surface area contributed by atoms with Crippen LogP contribution in [0.4, 0.5) is 0 Å². The fraction of sp³-hybridized carbons (Fsp3) is 0.308. The van der Waals surface area contributed by atoms with Gasteiger partial charge in [-0.3, -0.25) is 9.59 Å². The summed E-state index contributed by atoms with van der Waals surface area (Å²) in [5.74, 6) is -0.929. The van der Waals surface area contributed by atoms with Crippen LogP contribution in [-0.2, 0) is 14.3 Å². The number of ether oxygens (including phenoxy) is 1. The Morgan fingerprint density at radius 3 is 2.47 bits per heavy atom. The number of methoxy groups -OCH3 is 1. The number of amides is 2. The Morgan fingerprint density at radius 1 is 1.21 bits per heavy atom. The summed E-state index contributed by atoms with van der Waals surface area (Å²) in [6.45, 7) is 0. The van der Waals surface area contributed by atoms with Gasteiger partial charge in [0.1, 0.15) is 0 Å². The summed E-state index contributed by atoms with van der Waals surface area (Å²) in [6, 6.07) is 6.74. The number of carbonyl (C=O) groups excluding carboxylic acids is 3. The molecule has 0 N–H and O–H groups in total. The Balaban J connectivity index is 2.25. The average Bonchev–Trinajstić information content (AvgIpc) is 2.42. The van der Waals surface area contributed by atoms with Gasteiger partial charge < -0.3 is 4.74 Å². The molecule has 1 fully saturated rings. The van der Waals surface area contributed by atoms with Crippen LogP contribution in [0.15, 0.2) is 29.2 Å². The van der Waals surface area contributed by atoms with Crippen LogP contribution in [0, 0.1) is 0 Å². The molecule has 1 aromatic carbocycles. The van der Waals surface area contributed by atoms with E-state index in [1.165, 1.54) is 7.11 Å². The summed E-state index contributed by atoms with van der Waals surface area (Å²) in [4.78, 5) is 35.6. The molecule has 2 amide bonds. The predicted molar refractivity (Wildman–Crippen MR) is 69.3 cm³/mol. The lowest BCUT2D eigenvalue weighted by Crippen LogP contribution is -2.34. The van der Waals surface area contributed by atoms with Gasteiger partial charge in [0.05, 0.1) is 12.7 Å². The van der Waals surface area contributed by atoms with Crippen molar-refractivity contribution in [3.05, 3.63) is 29.8 Å². The molecular weight excluding hydrogens is 266 g/mol. The van der Waals surface area contributed by atoms with Gasteiger partial charge in [-0.25, -0.2) is 9.10 Å². The van der Waals surface area contributed by atoms with E-state index < -0.39 is 5.97 Å². The molecule has 1 aromatic rings. The van der Waals surface area contributed by atoms with E-state index in [0.29, 0.717) is 29.7 Å². The minimum atomic E-state index is -0.486. The van der Waals surface area contributed by atoms with Crippen LogP contribution in [0.2, 0.25) is 0 Å². The van der Waals surface area contributed by atoms with Crippen LogP contribution >= 0.6 is 11.9 Å².